The number of ether oxygens (including phenoxy) is 1. The second kappa shape index (κ2) is 8.52. The van der Waals surface area contributed by atoms with Crippen LogP contribution in [0.15, 0.2) is 24.3 Å². The molecule has 0 radical (unpaired) electrons. The Bertz CT molecular complexity index is 398. The fourth-order valence-electron chi connectivity index (χ4n) is 1.90. The maximum absolute atomic E-state index is 9.76. The quantitative estimate of drug-likeness (QED) is 0.782. The molecule has 0 fully saturated rings. The van der Waals surface area contributed by atoms with E-state index in [2.05, 4.69) is 11.0 Å². The van der Waals surface area contributed by atoms with Gasteiger partial charge in [0.15, 0.2) is 0 Å². The Balaban J connectivity index is 2.75. The first-order valence-corrected chi connectivity index (χ1v) is 6.61. The van der Waals surface area contributed by atoms with Gasteiger partial charge in [0.05, 0.1) is 25.2 Å². The summed E-state index contributed by atoms with van der Waals surface area (Å²) in [6, 6.07) is 10.0. The zero-order valence-corrected chi connectivity index (χ0v) is 11.7. The van der Waals surface area contributed by atoms with Crippen molar-refractivity contribution in [1.29, 1.82) is 5.26 Å². The second-order valence-electron chi connectivity index (χ2n) is 4.40. The van der Waals surface area contributed by atoms with Gasteiger partial charge in [0.25, 0.3) is 0 Å². The summed E-state index contributed by atoms with van der Waals surface area (Å²) in [4.78, 5) is 2.12. The molecule has 1 rings (SSSR count). The highest BCUT2D eigenvalue weighted by Crippen LogP contribution is 2.21. The van der Waals surface area contributed by atoms with Gasteiger partial charge in [-0.1, -0.05) is 19.1 Å². The molecule has 4 nitrogen and oxygen atoms in total. The van der Waals surface area contributed by atoms with Crippen LogP contribution in [0.5, 0.6) is 0 Å². The van der Waals surface area contributed by atoms with Gasteiger partial charge in [-0.05, 0) is 24.1 Å². The molecule has 0 aromatic heterocycles. The fourth-order valence-corrected chi connectivity index (χ4v) is 1.90. The maximum atomic E-state index is 9.76. The standard InChI is InChI=1S/C15H22N2O2/c1-3-15(18)13-5-7-14(8-6-13)17(10-4-9-16)11-12-19-2/h5-8,15,18H,3-4,10-12H2,1-2H3. The third-order valence-electron chi connectivity index (χ3n) is 3.09. The first-order chi connectivity index (χ1) is 9.22. The second-order valence-corrected chi connectivity index (χ2v) is 4.40. The van der Waals surface area contributed by atoms with Gasteiger partial charge in [-0.3, -0.25) is 0 Å². The number of anilines is 1. The molecule has 1 aromatic rings. The minimum atomic E-state index is -0.402. The Morgan fingerprint density at radius 1 is 1.32 bits per heavy atom. The highest BCUT2D eigenvalue weighted by atomic mass is 16.5. The Kier molecular flexibility index (Phi) is 6.94. The van der Waals surface area contributed by atoms with Crippen molar-refractivity contribution < 1.29 is 9.84 Å². The van der Waals surface area contributed by atoms with E-state index in [0.717, 1.165) is 17.8 Å². The number of nitrogens with zero attached hydrogens (tertiary/aromatic N) is 2. The van der Waals surface area contributed by atoms with Gasteiger partial charge in [-0.15, -0.1) is 0 Å². The van der Waals surface area contributed by atoms with Crippen molar-refractivity contribution >= 4 is 5.69 Å². The van der Waals surface area contributed by atoms with Gasteiger partial charge < -0.3 is 14.7 Å². The van der Waals surface area contributed by atoms with E-state index in [9.17, 15) is 5.11 Å². The van der Waals surface area contributed by atoms with E-state index >= 15 is 0 Å². The van der Waals surface area contributed by atoms with Crippen molar-refractivity contribution in [2.75, 3.05) is 31.7 Å². The Labute approximate surface area is 115 Å². The van der Waals surface area contributed by atoms with Crippen LogP contribution < -0.4 is 4.90 Å². The van der Waals surface area contributed by atoms with Crippen molar-refractivity contribution in [3.63, 3.8) is 0 Å². The fraction of sp³-hybridized carbons (Fsp3) is 0.533. The molecule has 0 aliphatic rings. The zero-order chi connectivity index (χ0) is 14.1. The molecular formula is C15H22N2O2. The van der Waals surface area contributed by atoms with Crippen LogP contribution in [0.25, 0.3) is 0 Å². The van der Waals surface area contributed by atoms with E-state index in [1.54, 1.807) is 7.11 Å². The lowest BCUT2D eigenvalue weighted by atomic mass is 10.1. The van der Waals surface area contributed by atoms with E-state index in [1.165, 1.54) is 0 Å². The molecular weight excluding hydrogens is 240 g/mol. The van der Waals surface area contributed by atoms with E-state index in [0.29, 0.717) is 26.0 Å². The molecule has 0 spiro atoms. The number of methoxy groups -OCH3 is 1. The summed E-state index contributed by atoms with van der Waals surface area (Å²) >= 11 is 0. The maximum Gasteiger partial charge on any atom is 0.0787 e. The number of rotatable bonds is 8. The Hall–Kier alpha value is -1.57. The molecule has 19 heavy (non-hydrogen) atoms. The summed E-state index contributed by atoms with van der Waals surface area (Å²) < 4.78 is 5.09. The summed E-state index contributed by atoms with van der Waals surface area (Å²) in [5.74, 6) is 0. The first kappa shape index (κ1) is 15.5. The molecule has 0 saturated carbocycles. The molecule has 104 valence electrons. The van der Waals surface area contributed by atoms with Gasteiger partial charge in [-0.2, -0.15) is 5.26 Å². The molecule has 0 amide bonds. The van der Waals surface area contributed by atoms with E-state index in [4.69, 9.17) is 10.00 Å². The van der Waals surface area contributed by atoms with E-state index < -0.39 is 6.10 Å². The molecule has 1 unspecified atom stereocenters. The van der Waals surface area contributed by atoms with Gasteiger partial charge in [0.1, 0.15) is 0 Å². The normalized spacial score (nSPS) is 11.9. The van der Waals surface area contributed by atoms with Crippen LogP contribution in [0.4, 0.5) is 5.69 Å². The van der Waals surface area contributed by atoms with Gasteiger partial charge in [-0.25, -0.2) is 0 Å². The first-order valence-electron chi connectivity index (χ1n) is 6.61. The third-order valence-corrected chi connectivity index (χ3v) is 3.09. The monoisotopic (exact) mass is 262 g/mol. The number of nitriles is 1. The van der Waals surface area contributed by atoms with Crippen molar-refractivity contribution in [2.24, 2.45) is 0 Å². The predicted octanol–water partition coefficient (Wildman–Crippen LogP) is 2.50. The predicted molar refractivity (Wildman–Crippen MR) is 76.0 cm³/mol. The van der Waals surface area contributed by atoms with Crippen LogP contribution in [0.3, 0.4) is 0 Å². The molecule has 0 aliphatic heterocycles. The van der Waals surface area contributed by atoms with Gasteiger partial charge >= 0.3 is 0 Å². The van der Waals surface area contributed by atoms with Crippen molar-refractivity contribution in [1.82, 2.24) is 0 Å². The summed E-state index contributed by atoms with van der Waals surface area (Å²) in [5, 5.41) is 18.5. The Morgan fingerprint density at radius 2 is 2.00 bits per heavy atom. The number of benzene rings is 1. The molecule has 0 saturated heterocycles. The number of aliphatic hydroxyl groups is 1. The minimum absolute atomic E-state index is 0.402. The summed E-state index contributed by atoms with van der Waals surface area (Å²) in [6.07, 6.45) is 0.796. The van der Waals surface area contributed by atoms with Crippen LogP contribution in [0.2, 0.25) is 0 Å². The topological polar surface area (TPSA) is 56.5 Å². The minimum Gasteiger partial charge on any atom is -0.388 e. The largest absolute Gasteiger partial charge is 0.388 e. The zero-order valence-electron chi connectivity index (χ0n) is 11.7. The van der Waals surface area contributed by atoms with Crippen LogP contribution in [-0.4, -0.2) is 31.9 Å². The highest BCUT2D eigenvalue weighted by Gasteiger charge is 2.08. The number of aliphatic hydroxyl groups excluding tert-OH is 1. The third kappa shape index (κ3) is 4.90. The lowest BCUT2D eigenvalue weighted by Crippen LogP contribution is -2.28. The van der Waals surface area contributed by atoms with Crippen LogP contribution in [0.1, 0.15) is 31.4 Å². The molecule has 0 heterocycles. The summed E-state index contributed by atoms with van der Waals surface area (Å²) in [5.41, 5.74) is 1.98. The summed E-state index contributed by atoms with van der Waals surface area (Å²) in [6.45, 7) is 4.03. The molecule has 0 bridgehead atoms. The smallest absolute Gasteiger partial charge is 0.0787 e. The summed E-state index contributed by atoms with van der Waals surface area (Å²) in [7, 11) is 1.67. The average Bonchev–Trinajstić information content (AvgIpc) is 2.47. The lowest BCUT2D eigenvalue weighted by Gasteiger charge is -2.24. The molecule has 0 aliphatic carbocycles. The number of hydrogen-bond donors (Lipinski definition) is 1. The van der Waals surface area contributed by atoms with Crippen LogP contribution in [0, 0.1) is 11.3 Å². The van der Waals surface area contributed by atoms with Crippen molar-refractivity contribution in [3.05, 3.63) is 29.8 Å². The molecule has 4 heteroatoms. The van der Waals surface area contributed by atoms with E-state index in [-0.39, 0.29) is 0 Å². The van der Waals surface area contributed by atoms with Gasteiger partial charge in [0, 0.05) is 25.9 Å². The lowest BCUT2D eigenvalue weighted by molar-refractivity contribution is 0.173. The molecule has 1 N–H and O–H groups in total. The Morgan fingerprint density at radius 3 is 2.53 bits per heavy atom. The average molecular weight is 262 g/mol. The van der Waals surface area contributed by atoms with Crippen molar-refractivity contribution in [3.8, 4) is 6.07 Å². The molecule has 1 aromatic carbocycles. The van der Waals surface area contributed by atoms with Crippen LogP contribution in [-0.2, 0) is 4.74 Å². The van der Waals surface area contributed by atoms with Crippen LogP contribution >= 0.6 is 0 Å². The number of hydrogen-bond acceptors (Lipinski definition) is 4. The van der Waals surface area contributed by atoms with Crippen molar-refractivity contribution in [2.45, 2.75) is 25.9 Å². The van der Waals surface area contributed by atoms with Gasteiger partial charge in [0.2, 0.25) is 0 Å². The van der Waals surface area contributed by atoms with E-state index in [1.807, 2.05) is 31.2 Å². The highest BCUT2D eigenvalue weighted by molar-refractivity contribution is 5.48. The molecule has 1 atom stereocenters. The SMILES string of the molecule is CCC(O)c1ccc(N(CCC#N)CCOC)cc1.